The molecule has 1 aromatic carbocycles. The van der Waals surface area contributed by atoms with Crippen molar-refractivity contribution in [2.75, 3.05) is 11.9 Å². The van der Waals surface area contributed by atoms with E-state index in [1.807, 2.05) is 5.32 Å². The number of amides is 1. The molecule has 1 saturated carbocycles. The predicted molar refractivity (Wildman–Crippen MR) is 69.5 cm³/mol. The number of carbonyl (C=O) groups excluding carboxylic acids is 1. The highest BCUT2D eigenvalue weighted by Crippen LogP contribution is 2.37. The van der Waals surface area contributed by atoms with E-state index in [1.54, 1.807) is 0 Å². The maximum Gasteiger partial charge on any atom is 0.232 e. The van der Waals surface area contributed by atoms with Crippen molar-refractivity contribution < 1.29 is 22.4 Å². The Labute approximate surface area is 119 Å². The van der Waals surface area contributed by atoms with Gasteiger partial charge in [-0.25, -0.2) is 17.6 Å². The molecule has 0 radical (unpaired) electrons. The summed E-state index contributed by atoms with van der Waals surface area (Å²) in [4.78, 5) is 12.3. The summed E-state index contributed by atoms with van der Waals surface area (Å²) in [7, 11) is 0. The monoisotopic (exact) mass is 304 g/mol. The minimum absolute atomic E-state index is 0.0138. The molecule has 3 nitrogen and oxygen atoms in total. The summed E-state index contributed by atoms with van der Waals surface area (Å²) < 4.78 is 53.4. The first kappa shape index (κ1) is 15.8. The summed E-state index contributed by atoms with van der Waals surface area (Å²) in [6.07, 6.45) is 3.46. The van der Waals surface area contributed by atoms with Gasteiger partial charge in [0.1, 0.15) is 5.69 Å². The lowest BCUT2D eigenvalue weighted by atomic mass is 9.73. The third-order valence-corrected chi connectivity index (χ3v) is 4.03. The minimum Gasteiger partial charge on any atom is -0.329 e. The number of anilines is 1. The van der Waals surface area contributed by atoms with Crippen LogP contribution in [0.3, 0.4) is 0 Å². The van der Waals surface area contributed by atoms with E-state index in [2.05, 4.69) is 0 Å². The molecule has 1 amide bonds. The van der Waals surface area contributed by atoms with Gasteiger partial charge in [0.25, 0.3) is 0 Å². The van der Waals surface area contributed by atoms with Gasteiger partial charge >= 0.3 is 0 Å². The Morgan fingerprint density at radius 3 is 2.10 bits per heavy atom. The largest absolute Gasteiger partial charge is 0.329 e. The van der Waals surface area contributed by atoms with Crippen LogP contribution in [0.2, 0.25) is 0 Å². The number of nitrogens with one attached hydrogen (secondary N) is 1. The molecule has 7 heteroatoms. The molecule has 0 heterocycles. The van der Waals surface area contributed by atoms with Gasteiger partial charge in [-0.15, -0.1) is 0 Å². The zero-order valence-electron chi connectivity index (χ0n) is 11.3. The van der Waals surface area contributed by atoms with Crippen LogP contribution in [0.15, 0.2) is 6.07 Å². The van der Waals surface area contributed by atoms with Crippen LogP contribution in [0, 0.1) is 28.7 Å². The minimum atomic E-state index is -1.62. The van der Waals surface area contributed by atoms with Crippen LogP contribution in [-0.4, -0.2) is 12.5 Å². The van der Waals surface area contributed by atoms with E-state index in [9.17, 15) is 22.4 Å². The van der Waals surface area contributed by atoms with Gasteiger partial charge in [0.2, 0.25) is 5.91 Å². The maximum atomic E-state index is 13.6. The topological polar surface area (TPSA) is 55.1 Å². The van der Waals surface area contributed by atoms with Crippen molar-refractivity contribution in [1.82, 2.24) is 0 Å². The zero-order chi connectivity index (χ0) is 15.6. The van der Waals surface area contributed by atoms with E-state index in [4.69, 9.17) is 5.73 Å². The normalized spacial score (nSPS) is 17.6. The lowest BCUT2D eigenvalue weighted by Gasteiger charge is -2.34. The highest BCUT2D eigenvalue weighted by Gasteiger charge is 2.39. The first-order valence-corrected chi connectivity index (χ1v) is 6.76. The van der Waals surface area contributed by atoms with Crippen LogP contribution in [0.25, 0.3) is 0 Å². The molecule has 1 aromatic rings. The van der Waals surface area contributed by atoms with Gasteiger partial charge in [0.15, 0.2) is 23.3 Å². The molecule has 1 aliphatic rings. The number of rotatable bonds is 3. The standard InChI is InChI=1S/C14H16F4N2O/c15-8-6-9(16)11(18)12(10(8)17)20-13(21)14(7-19)4-2-1-3-5-14/h6H,1-5,7,19H2,(H,20,21). The van der Waals surface area contributed by atoms with E-state index < -0.39 is 40.3 Å². The first-order valence-electron chi connectivity index (χ1n) is 6.76. The van der Waals surface area contributed by atoms with Crippen molar-refractivity contribution in [1.29, 1.82) is 0 Å². The summed E-state index contributed by atoms with van der Waals surface area (Å²) in [6, 6.07) is 0.0969. The molecule has 0 atom stereocenters. The van der Waals surface area contributed by atoms with Gasteiger partial charge in [-0.2, -0.15) is 0 Å². The Hall–Kier alpha value is -1.63. The fraction of sp³-hybridized carbons (Fsp3) is 0.500. The van der Waals surface area contributed by atoms with Crippen molar-refractivity contribution in [3.8, 4) is 0 Å². The molecule has 21 heavy (non-hydrogen) atoms. The fourth-order valence-electron chi connectivity index (χ4n) is 2.68. The van der Waals surface area contributed by atoms with Crippen molar-refractivity contribution in [2.24, 2.45) is 11.1 Å². The van der Waals surface area contributed by atoms with Crippen LogP contribution in [-0.2, 0) is 4.79 Å². The molecule has 116 valence electrons. The SMILES string of the molecule is NCC1(C(=O)Nc2c(F)c(F)cc(F)c2F)CCCCC1. The number of benzene rings is 1. The Balaban J connectivity index is 2.31. The van der Waals surface area contributed by atoms with E-state index in [1.165, 1.54) is 0 Å². The highest BCUT2D eigenvalue weighted by molar-refractivity contribution is 5.95. The summed E-state index contributed by atoms with van der Waals surface area (Å²) in [6.45, 7) is 0.0138. The van der Waals surface area contributed by atoms with E-state index in [0.29, 0.717) is 12.8 Å². The van der Waals surface area contributed by atoms with Gasteiger partial charge in [0.05, 0.1) is 5.41 Å². The Morgan fingerprint density at radius 1 is 1.10 bits per heavy atom. The number of carbonyl (C=O) groups is 1. The van der Waals surface area contributed by atoms with Gasteiger partial charge in [-0.3, -0.25) is 4.79 Å². The second-order valence-electron chi connectivity index (χ2n) is 5.34. The second kappa shape index (κ2) is 6.01. The molecule has 0 bridgehead atoms. The average molecular weight is 304 g/mol. The summed E-state index contributed by atoms with van der Waals surface area (Å²) >= 11 is 0. The quantitative estimate of drug-likeness (QED) is 0.666. The van der Waals surface area contributed by atoms with E-state index in [-0.39, 0.29) is 12.6 Å². The van der Waals surface area contributed by atoms with Crippen LogP contribution in [0.4, 0.5) is 23.2 Å². The Morgan fingerprint density at radius 2 is 1.62 bits per heavy atom. The predicted octanol–water partition coefficient (Wildman–Crippen LogP) is 3.09. The molecule has 3 N–H and O–H groups in total. The van der Waals surface area contributed by atoms with Gasteiger partial charge in [-0.05, 0) is 12.8 Å². The molecule has 2 rings (SSSR count). The molecule has 1 fully saturated rings. The van der Waals surface area contributed by atoms with Crippen LogP contribution >= 0.6 is 0 Å². The maximum absolute atomic E-state index is 13.6. The van der Waals surface area contributed by atoms with Gasteiger partial charge < -0.3 is 11.1 Å². The third kappa shape index (κ3) is 2.88. The summed E-state index contributed by atoms with van der Waals surface area (Å²) in [5.41, 5.74) is 3.59. The third-order valence-electron chi connectivity index (χ3n) is 4.03. The number of hydrogen-bond acceptors (Lipinski definition) is 2. The molecular weight excluding hydrogens is 288 g/mol. The van der Waals surface area contributed by atoms with Crippen LogP contribution < -0.4 is 11.1 Å². The van der Waals surface area contributed by atoms with Crippen molar-refractivity contribution in [3.05, 3.63) is 29.3 Å². The molecule has 0 aliphatic heterocycles. The van der Waals surface area contributed by atoms with Crippen LogP contribution in [0.1, 0.15) is 32.1 Å². The Kier molecular flexibility index (Phi) is 4.51. The average Bonchev–Trinajstić information content (AvgIpc) is 2.50. The fourth-order valence-corrected chi connectivity index (χ4v) is 2.68. The molecule has 0 unspecified atom stereocenters. The van der Waals surface area contributed by atoms with Crippen molar-refractivity contribution in [2.45, 2.75) is 32.1 Å². The first-order chi connectivity index (χ1) is 9.91. The summed E-state index contributed by atoms with van der Waals surface area (Å²) in [5, 5.41) is 1.97. The molecular formula is C14H16F4N2O. The second-order valence-corrected chi connectivity index (χ2v) is 5.34. The van der Waals surface area contributed by atoms with Gasteiger partial charge in [0, 0.05) is 12.6 Å². The number of halogens is 4. The number of hydrogen-bond donors (Lipinski definition) is 2. The zero-order valence-corrected chi connectivity index (χ0v) is 11.3. The van der Waals surface area contributed by atoms with E-state index in [0.717, 1.165) is 19.3 Å². The lowest BCUT2D eigenvalue weighted by Crippen LogP contribution is -2.44. The summed E-state index contributed by atoms with van der Waals surface area (Å²) in [5.74, 6) is -7.06. The molecule has 0 aromatic heterocycles. The molecule has 1 aliphatic carbocycles. The van der Waals surface area contributed by atoms with Gasteiger partial charge in [-0.1, -0.05) is 19.3 Å². The number of nitrogens with two attached hydrogens (primary N) is 1. The van der Waals surface area contributed by atoms with Crippen LogP contribution in [0.5, 0.6) is 0 Å². The van der Waals surface area contributed by atoms with E-state index >= 15 is 0 Å². The smallest absolute Gasteiger partial charge is 0.232 e. The van der Waals surface area contributed by atoms with Crippen molar-refractivity contribution >= 4 is 11.6 Å². The highest BCUT2D eigenvalue weighted by atomic mass is 19.2. The molecule has 0 saturated heterocycles. The van der Waals surface area contributed by atoms with Crippen molar-refractivity contribution in [3.63, 3.8) is 0 Å². The Bertz CT molecular complexity index is 530. The lowest BCUT2D eigenvalue weighted by molar-refractivity contribution is -0.126. The molecule has 0 spiro atoms.